The van der Waals surface area contributed by atoms with Crippen LogP contribution in [0.2, 0.25) is 0 Å². The fraction of sp³-hybridized carbons (Fsp3) is 0.444. The first kappa shape index (κ1) is 19.4. The molecule has 2 aliphatic heterocycles. The molecule has 1 spiro atoms. The lowest BCUT2D eigenvalue weighted by Crippen LogP contribution is -2.56. The SMILES string of the molecule is Cc1nc(C(=O)Nc2ccc3c(c2)[C@]2(CCO3)CS(=O)(=O)C(C)(C)C(N)=N2)no1. The monoisotopic (exact) mass is 419 g/mol. The molecule has 3 heterocycles. The van der Waals surface area contributed by atoms with Gasteiger partial charge in [-0.1, -0.05) is 5.16 Å². The van der Waals surface area contributed by atoms with Gasteiger partial charge in [-0.25, -0.2) is 8.42 Å². The molecular weight excluding hydrogens is 398 g/mol. The van der Waals surface area contributed by atoms with Gasteiger partial charge in [0.25, 0.3) is 11.7 Å². The Morgan fingerprint density at radius 1 is 1.31 bits per heavy atom. The van der Waals surface area contributed by atoms with Crippen molar-refractivity contribution in [2.24, 2.45) is 10.7 Å². The molecule has 0 saturated carbocycles. The van der Waals surface area contributed by atoms with E-state index in [1.165, 1.54) is 0 Å². The van der Waals surface area contributed by atoms with Gasteiger partial charge in [-0.3, -0.25) is 9.79 Å². The predicted octanol–water partition coefficient (Wildman–Crippen LogP) is 1.17. The molecule has 0 aliphatic carbocycles. The number of carbonyl (C=O) groups is 1. The largest absolute Gasteiger partial charge is 0.493 e. The number of aromatic nitrogens is 2. The number of ether oxygens (including phenoxy) is 1. The van der Waals surface area contributed by atoms with Gasteiger partial charge in [0.15, 0.2) is 9.84 Å². The summed E-state index contributed by atoms with van der Waals surface area (Å²) in [5, 5.41) is 6.27. The lowest BCUT2D eigenvalue weighted by molar-refractivity contribution is 0.101. The van der Waals surface area contributed by atoms with E-state index in [-0.39, 0.29) is 23.3 Å². The lowest BCUT2D eigenvalue weighted by atomic mass is 9.85. The van der Waals surface area contributed by atoms with Crippen molar-refractivity contribution in [3.05, 3.63) is 35.5 Å². The Balaban J connectivity index is 1.75. The molecule has 1 atom stereocenters. The summed E-state index contributed by atoms with van der Waals surface area (Å²) in [5.74, 6) is 0.00604. The number of nitrogens with zero attached hydrogens (tertiary/aromatic N) is 3. The van der Waals surface area contributed by atoms with Crippen molar-refractivity contribution in [3.8, 4) is 5.75 Å². The molecule has 11 heteroatoms. The summed E-state index contributed by atoms with van der Waals surface area (Å²) in [7, 11) is -3.57. The molecule has 0 unspecified atom stereocenters. The summed E-state index contributed by atoms with van der Waals surface area (Å²) in [6, 6.07) is 4.98. The van der Waals surface area contributed by atoms with Gasteiger partial charge in [0.1, 0.15) is 21.9 Å². The number of aliphatic imine (C=N–C) groups is 1. The quantitative estimate of drug-likeness (QED) is 0.736. The second kappa shape index (κ2) is 6.28. The van der Waals surface area contributed by atoms with E-state index >= 15 is 0 Å². The highest BCUT2D eigenvalue weighted by Gasteiger charge is 2.52. The van der Waals surface area contributed by atoms with Crippen LogP contribution >= 0.6 is 0 Å². The zero-order valence-corrected chi connectivity index (χ0v) is 17.0. The number of hydrogen-bond acceptors (Lipinski definition) is 9. The number of sulfone groups is 1. The number of aryl methyl sites for hydroxylation is 1. The molecule has 3 N–H and O–H groups in total. The van der Waals surface area contributed by atoms with Crippen molar-refractivity contribution in [1.82, 2.24) is 10.1 Å². The van der Waals surface area contributed by atoms with Crippen LogP contribution in [0.5, 0.6) is 5.75 Å². The number of amides is 1. The smallest absolute Gasteiger partial charge is 0.297 e. The second-order valence-corrected chi connectivity index (χ2v) is 10.2. The molecule has 10 nitrogen and oxygen atoms in total. The topological polar surface area (TPSA) is 150 Å². The van der Waals surface area contributed by atoms with Crippen LogP contribution in [0.3, 0.4) is 0 Å². The summed E-state index contributed by atoms with van der Waals surface area (Å²) >= 11 is 0. The maximum Gasteiger partial charge on any atom is 0.297 e. The second-order valence-electron chi connectivity index (χ2n) is 7.70. The molecule has 0 fully saturated rings. The molecule has 1 aromatic heterocycles. The van der Waals surface area contributed by atoms with Crippen LogP contribution in [0.25, 0.3) is 0 Å². The molecule has 2 aromatic rings. The molecule has 154 valence electrons. The highest BCUT2D eigenvalue weighted by Crippen LogP contribution is 2.46. The van der Waals surface area contributed by atoms with E-state index in [1.54, 1.807) is 39.0 Å². The minimum Gasteiger partial charge on any atom is -0.493 e. The summed E-state index contributed by atoms with van der Waals surface area (Å²) in [5.41, 5.74) is 6.01. The number of fused-ring (bicyclic) bond motifs is 2. The Bertz CT molecular complexity index is 1140. The number of carbonyl (C=O) groups excluding carboxylic acids is 1. The zero-order valence-electron chi connectivity index (χ0n) is 16.2. The lowest BCUT2D eigenvalue weighted by Gasteiger charge is -2.42. The van der Waals surface area contributed by atoms with E-state index in [2.05, 4.69) is 20.4 Å². The molecule has 1 amide bonds. The third-order valence-corrected chi connectivity index (χ3v) is 8.02. The Hall–Kier alpha value is -2.95. The highest BCUT2D eigenvalue weighted by molar-refractivity contribution is 7.93. The third-order valence-electron chi connectivity index (χ3n) is 5.40. The number of nitrogens with one attached hydrogen (secondary N) is 1. The minimum atomic E-state index is -3.57. The van der Waals surface area contributed by atoms with Gasteiger partial charge in [0, 0.05) is 24.6 Å². The van der Waals surface area contributed by atoms with E-state index in [9.17, 15) is 13.2 Å². The third kappa shape index (κ3) is 3.05. The van der Waals surface area contributed by atoms with Gasteiger partial charge < -0.3 is 20.3 Å². The number of benzene rings is 1. The number of nitrogens with two attached hydrogens (primary N) is 1. The zero-order chi connectivity index (χ0) is 21.0. The van der Waals surface area contributed by atoms with E-state index in [4.69, 9.17) is 15.0 Å². The minimum absolute atomic E-state index is 0.0633. The first-order valence-electron chi connectivity index (χ1n) is 9.01. The molecule has 1 aromatic carbocycles. The fourth-order valence-electron chi connectivity index (χ4n) is 3.46. The van der Waals surface area contributed by atoms with Crippen LogP contribution in [0, 0.1) is 6.92 Å². The molecule has 0 saturated heterocycles. The van der Waals surface area contributed by atoms with E-state index in [0.29, 0.717) is 30.0 Å². The number of hydrogen-bond donors (Lipinski definition) is 2. The average molecular weight is 419 g/mol. The van der Waals surface area contributed by atoms with Crippen LogP contribution < -0.4 is 15.8 Å². The molecule has 0 bridgehead atoms. The normalized spacial score (nSPS) is 24.3. The Labute approximate surface area is 167 Å². The van der Waals surface area contributed by atoms with Gasteiger partial charge in [0.2, 0.25) is 5.89 Å². The van der Waals surface area contributed by atoms with E-state index in [1.807, 2.05) is 0 Å². The number of anilines is 1. The summed E-state index contributed by atoms with van der Waals surface area (Å²) < 4.78 is 35.2. The summed E-state index contributed by atoms with van der Waals surface area (Å²) in [4.78, 5) is 20.9. The maximum absolute atomic E-state index is 12.9. The maximum atomic E-state index is 12.9. The van der Waals surface area contributed by atoms with Gasteiger partial charge >= 0.3 is 0 Å². The molecule has 4 rings (SSSR count). The fourth-order valence-corrected chi connectivity index (χ4v) is 5.18. The van der Waals surface area contributed by atoms with E-state index in [0.717, 1.165) is 0 Å². The van der Waals surface area contributed by atoms with Gasteiger partial charge in [0.05, 0.1) is 12.4 Å². The Morgan fingerprint density at radius 2 is 2.07 bits per heavy atom. The first-order chi connectivity index (χ1) is 13.5. The summed E-state index contributed by atoms with van der Waals surface area (Å²) in [6.07, 6.45) is 0.359. The Morgan fingerprint density at radius 3 is 2.72 bits per heavy atom. The Kier molecular flexibility index (Phi) is 4.19. The van der Waals surface area contributed by atoms with Crippen LogP contribution in [0.4, 0.5) is 5.69 Å². The standard InChI is InChI=1S/C18H21N5O5S/c1-10-20-14(23-28-10)15(24)21-11-4-5-13-12(8-11)18(6-7-27-13)9-29(25,26)17(2,3)16(19)22-18/h4-5,8H,6-7,9H2,1-3H3,(H2,19,22)(H,21,24)/t18-/m0/s1. The molecule has 0 radical (unpaired) electrons. The predicted molar refractivity (Wildman–Crippen MR) is 105 cm³/mol. The van der Waals surface area contributed by atoms with Gasteiger partial charge in [-0.15, -0.1) is 0 Å². The number of amidine groups is 1. The van der Waals surface area contributed by atoms with Crippen LogP contribution in [0.1, 0.15) is 42.3 Å². The molecule has 2 aliphatic rings. The van der Waals surface area contributed by atoms with Crippen molar-refractivity contribution >= 4 is 27.3 Å². The van der Waals surface area contributed by atoms with Crippen molar-refractivity contribution in [2.45, 2.75) is 37.5 Å². The van der Waals surface area contributed by atoms with Gasteiger partial charge in [-0.05, 0) is 32.0 Å². The van der Waals surface area contributed by atoms with E-state index < -0.39 is 26.0 Å². The van der Waals surface area contributed by atoms with Crippen molar-refractivity contribution in [2.75, 3.05) is 17.7 Å². The summed E-state index contributed by atoms with van der Waals surface area (Å²) in [6.45, 7) is 5.00. The number of rotatable bonds is 2. The molecule has 29 heavy (non-hydrogen) atoms. The van der Waals surface area contributed by atoms with Gasteiger partial charge in [-0.2, -0.15) is 4.98 Å². The average Bonchev–Trinajstić information content (AvgIpc) is 3.07. The van der Waals surface area contributed by atoms with Crippen molar-refractivity contribution < 1.29 is 22.5 Å². The van der Waals surface area contributed by atoms with Crippen LogP contribution in [0.15, 0.2) is 27.7 Å². The first-order valence-corrected chi connectivity index (χ1v) is 10.7. The van der Waals surface area contributed by atoms with Crippen molar-refractivity contribution in [3.63, 3.8) is 0 Å². The molecular formula is C18H21N5O5S. The highest BCUT2D eigenvalue weighted by atomic mass is 32.2. The van der Waals surface area contributed by atoms with Crippen LogP contribution in [-0.4, -0.2) is 47.4 Å². The van der Waals surface area contributed by atoms with Crippen LogP contribution in [-0.2, 0) is 15.4 Å². The van der Waals surface area contributed by atoms with Crippen molar-refractivity contribution in [1.29, 1.82) is 0 Å².